The summed E-state index contributed by atoms with van der Waals surface area (Å²) in [5.41, 5.74) is 3.31. The summed E-state index contributed by atoms with van der Waals surface area (Å²) < 4.78 is 0. The minimum Gasteiger partial charge on any atom is -0.352 e. The van der Waals surface area contributed by atoms with Gasteiger partial charge in [0.15, 0.2) is 0 Å². The first-order valence-corrected chi connectivity index (χ1v) is 10.1. The predicted octanol–water partition coefficient (Wildman–Crippen LogP) is 4.26. The molecule has 2 rings (SSSR count). The van der Waals surface area contributed by atoms with Crippen LogP contribution < -0.4 is 5.32 Å². The van der Waals surface area contributed by atoms with E-state index in [1.807, 2.05) is 76.2 Å². The molecule has 0 fully saturated rings. The van der Waals surface area contributed by atoms with Crippen molar-refractivity contribution in [1.29, 1.82) is 0 Å². The zero-order chi connectivity index (χ0) is 20.5. The van der Waals surface area contributed by atoms with E-state index in [0.29, 0.717) is 19.4 Å². The van der Waals surface area contributed by atoms with Crippen LogP contribution in [0.25, 0.3) is 0 Å². The highest BCUT2D eigenvalue weighted by Crippen LogP contribution is 2.14. The maximum absolute atomic E-state index is 13.1. The Morgan fingerprint density at radius 2 is 1.68 bits per heavy atom. The van der Waals surface area contributed by atoms with Gasteiger partial charge in [-0.15, -0.1) is 0 Å². The fraction of sp³-hybridized carbons (Fsp3) is 0.417. The van der Waals surface area contributed by atoms with Crippen molar-refractivity contribution in [3.63, 3.8) is 0 Å². The minimum absolute atomic E-state index is 0.00263. The van der Waals surface area contributed by atoms with Gasteiger partial charge in [0.05, 0.1) is 0 Å². The van der Waals surface area contributed by atoms with E-state index in [-0.39, 0.29) is 17.9 Å². The van der Waals surface area contributed by atoms with E-state index in [1.165, 1.54) is 0 Å². The summed E-state index contributed by atoms with van der Waals surface area (Å²) in [7, 11) is 0. The van der Waals surface area contributed by atoms with Gasteiger partial charge in [-0.3, -0.25) is 9.59 Å². The first-order chi connectivity index (χ1) is 13.4. The van der Waals surface area contributed by atoms with Gasteiger partial charge in [-0.25, -0.2) is 0 Å². The summed E-state index contributed by atoms with van der Waals surface area (Å²) in [6.45, 7) is 8.29. The Hall–Kier alpha value is -2.62. The van der Waals surface area contributed by atoms with Crippen LogP contribution in [0.15, 0.2) is 54.6 Å². The molecule has 0 saturated carbocycles. The predicted molar refractivity (Wildman–Crippen MR) is 114 cm³/mol. The summed E-state index contributed by atoms with van der Waals surface area (Å²) in [5, 5.41) is 3.00. The number of aryl methyl sites for hydroxylation is 2. The third kappa shape index (κ3) is 6.52. The summed E-state index contributed by atoms with van der Waals surface area (Å²) in [5.74, 6) is -0.104. The van der Waals surface area contributed by atoms with Crippen molar-refractivity contribution in [2.45, 2.75) is 65.6 Å². The Labute approximate surface area is 169 Å². The highest BCUT2D eigenvalue weighted by atomic mass is 16.2. The van der Waals surface area contributed by atoms with Crippen molar-refractivity contribution in [3.05, 3.63) is 71.3 Å². The van der Waals surface area contributed by atoms with Gasteiger partial charge in [0.2, 0.25) is 11.8 Å². The van der Waals surface area contributed by atoms with Crippen LogP contribution in [0.1, 0.15) is 50.3 Å². The van der Waals surface area contributed by atoms with Crippen molar-refractivity contribution in [1.82, 2.24) is 10.2 Å². The number of carbonyl (C=O) groups excluding carboxylic acids is 2. The fourth-order valence-corrected chi connectivity index (χ4v) is 3.09. The van der Waals surface area contributed by atoms with Gasteiger partial charge in [-0.05, 0) is 44.7 Å². The number of rotatable bonds is 9. The van der Waals surface area contributed by atoms with Crippen LogP contribution in [0, 0.1) is 6.92 Å². The van der Waals surface area contributed by atoms with Crippen LogP contribution in [-0.4, -0.2) is 28.8 Å². The molecule has 150 valence electrons. The van der Waals surface area contributed by atoms with Gasteiger partial charge in [-0.2, -0.15) is 0 Å². The lowest BCUT2D eigenvalue weighted by atomic mass is 10.1. The van der Waals surface area contributed by atoms with Crippen LogP contribution in [0.3, 0.4) is 0 Å². The summed E-state index contributed by atoms with van der Waals surface area (Å²) >= 11 is 0. The topological polar surface area (TPSA) is 49.4 Å². The Morgan fingerprint density at radius 3 is 2.32 bits per heavy atom. The molecule has 28 heavy (non-hydrogen) atoms. The summed E-state index contributed by atoms with van der Waals surface area (Å²) in [6.07, 6.45) is 1.92. The molecule has 2 aromatic rings. The zero-order valence-electron chi connectivity index (χ0n) is 17.4. The second-order valence-corrected chi connectivity index (χ2v) is 7.49. The minimum atomic E-state index is -0.516. The second kappa shape index (κ2) is 10.6. The molecule has 4 nitrogen and oxygen atoms in total. The number of carbonyl (C=O) groups is 2. The van der Waals surface area contributed by atoms with E-state index >= 15 is 0 Å². The van der Waals surface area contributed by atoms with Crippen molar-refractivity contribution in [3.8, 4) is 0 Å². The third-order valence-corrected chi connectivity index (χ3v) is 5.07. The molecule has 0 heterocycles. The Kier molecular flexibility index (Phi) is 8.24. The SMILES string of the molecule is CC[C@H](C)NC(=O)[C@@H](C)N(Cc1cccc(C)c1)C(=O)CCc1ccccc1. The van der Waals surface area contributed by atoms with E-state index in [2.05, 4.69) is 11.4 Å². The van der Waals surface area contributed by atoms with Gasteiger partial charge in [0.1, 0.15) is 6.04 Å². The molecule has 0 bridgehead atoms. The molecule has 2 aromatic carbocycles. The van der Waals surface area contributed by atoms with Crippen LogP contribution in [0.4, 0.5) is 0 Å². The standard InChI is InChI=1S/C24H32N2O2/c1-5-19(3)25-24(28)20(4)26(17-22-13-9-10-18(2)16-22)23(27)15-14-21-11-7-6-8-12-21/h6-13,16,19-20H,5,14-15,17H2,1-4H3,(H,25,28)/t19-,20+/m0/s1. The maximum atomic E-state index is 13.1. The Balaban J connectivity index is 2.14. The highest BCUT2D eigenvalue weighted by Gasteiger charge is 2.26. The molecule has 0 aliphatic heterocycles. The van der Waals surface area contributed by atoms with Crippen LogP contribution in [0.2, 0.25) is 0 Å². The molecule has 0 saturated heterocycles. The summed E-state index contributed by atoms with van der Waals surface area (Å²) in [4.78, 5) is 27.4. The number of benzene rings is 2. The maximum Gasteiger partial charge on any atom is 0.242 e. The molecule has 0 aliphatic rings. The van der Waals surface area contributed by atoms with Gasteiger partial charge >= 0.3 is 0 Å². The number of nitrogens with one attached hydrogen (secondary N) is 1. The van der Waals surface area contributed by atoms with E-state index < -0.39 is 6.04 Å². The molecule has 0 radical (unpaired) electrons. The largest absolute Gasteiger partial charge is 0.352 e. The van der Waals surface area contributed by atoms with Gasteiger partial charge in [0.25, 0.3) is 0 Å². The average molecular weight is 381 g/mol. The molecule has 0 aromatic heterocycles. The summed E-state index contributed by atoms with van der Waals surface area (Å²) in [6, 6.07) is 17.6. The Bertz CT molecular complexity index is 773. The van der Waals surface area contributed by atoms with Crippen molar-refractivity contribution >= 4 is 11.8 Å². The molecule has 2 atom stereocenters. The number of hydrogen-bond donors (Lipinski definition) is 1. The van der Waals surface area contributed by atoms with Gasteiger partial charge in [-0.1, -0.05) is 67.1 Å². The molecular formula is C24H32N2O2. The van der Waals surface area contributed by atoms with E-state index in [4.69, 9.17) is 0 Å². The quantitative estimate of drug-likeness (QED) is 0.707. The number of hydrogen-bond acceptors (Lipinski definition) is 2. The molecule has 0 aliphatic carbocycles. The number of amides is 2. The monoisotopic (exact) mass is 380 g/mol. The fourth-order valence-electron chi connectivity index (χ4n) is 3.09. The van der Waals surface area contributed by atoms with Crippen molar-refractivity contribution < 1.29 is 9.59 Å². The van der Waals surface area contributed by atoms with Gasteiger partial charge < -0.3 is 10.2 Å². The lowest BCUT2D eigenvalue weighted by molar-refractivity contribution is -0.140. The normalized spacial score (nSPS) is 12.9. The molecule has 0 unspecified atom stereocenters. The molecule has 1 N–H and O–H groups in total. The first kappa shape index (κ1) is 21.7. The van der Waals surface area contributed by atoms with Crippen LogP contribution >= 0.6 is 0 Å². The molecule has 0 spiro atoms. The lowest BCUT2D eigenvalue weighted by Gasteiger charge is -2.30. The van der Waals surface area contributed by atoms with E-state index in [9.17, 15) is 9.59 Å². The third-order valence-electron chi connectivity index (χ3n) is 5.07. The van der Waals surface area contributed by atoms with Crippen LogP contribution in [0.5, 0.6) is 0 Å². The van der Waals surface area contributed by atoms with Crippen molar-refractivity contribution in [2.24, 2.45) is 0 Å². The lowest BCUT2D eigenvalue weighted by Crippen LogP contribution is -2.49. The highest BCUT2D eigenvalue weighted by molar-refractivity contribution is 5.87. The molecule has 4 heteroatoms. The van der Waals surface area contributed by atoms with Crippen LogP contribution in [-0.2, 0) is 22.6 Å². The molecule has 2 amide bonds. The number of nitrogens with zero attached hydrogens (tertiary/aromatic N) is 1. The van der Waals surface area contributed by atoms with Crippen molar-refractivity contribution in [2.75, 3.05) is 0 Å². The smallest absolute Gasteiger partial charge is 0.242 e. The zero-order valence-corrected chi connectivity index (χ0v) is 17.4. The van der Waals surface area contributed by atoms with E-state index in [1.54, 1.807) is 4.90 Å². The second-order valence-electron chi connectivity index (χ2n) is 7.49. The van der Waals surface area contributed by atoms with Gasteiger partial charge in [0, 0.05) is 19.0 Å². The average Bonchev–Trinajstić information content (AvgIpc) is 2.70. The molecular weight excluding hydrogens is 348 g/mol. The van der Waals surface area contributed by atoms with E-state index in [0.717, 1.165) is 23.1 Å². The first-order valence-electron chi connectivity index (χ1n) is 10.1. The Morgan fingerprint density at radius 1 is 1.00 bits per heavy atom.